The third-order valence-electron chi connectivity index (χ3n) is 3.82. The van der Waals surface area contributed by atoms with Gasteiger partial charge in [0.15, 0.2) is 0 Å². The number of hydrogen-bond acceptors (Lipinski definition) is 8. The van der Waals surface area contributed by atoms with Crippen LogP contribution in [0.1, 0.15) is 38.8 Å². The highest BCUT2D eigenvalue weighted by molar-refractivity contribution is 8.00. The maximum atomic E-state index is 12.1. The molecule has 0 amide bonds. The van der Waals surface area contributed by atoms with Gasteiger partial charge in [0.2, 0.25) is 0 Å². The smallest absolute Gasteiger partial charge is 0.348 e. The lowest BCUT2D eigenvalue weighted by Crippen LogP contribution is -2.11. The van der Waals surface area contributed by atoms with E-state index in [1.807, 2.05) is 38.1 Å². The summed E-state index contributed by atoms with van der Waals surface area (Å²) in [6, 6.07) is 7.92. The predicted octanol–water partition coefficient (Wildman–Crippen LogP) is 3.83. The third-order valence-corrected chi connectivity index (χ3v) is 5.83. The van der Waals surface area contributed by atoms with Crippen LogP contribution in [0.25, 0.3) is 0 Å². The van der Waals surface area contributed by atoms with Crippen LogP contribution in [0, 0.1) is 25.2 Å². The number of ether oxygens (including phenoxy) is 2. The lowest BCUT2D eigenvalue weighted by Gasteiger charge is -2.07. The van der Waals surface area contributed by atoms with Crippen molar-refractivity contribution in [2.24, 2.45) is 0 Å². The number of thiophene rings is 1. The summed E-state index contributed by atoms with van der Waals surface area (Å²) in [6.45, 7) is 5.72. The van der Waals surface area contributed by atoms with Gasteiger partial charge in [-0.2, -0.15) is 5.26 Å². The molecular formula is C19H20N2O4S2. The van der Waals surface area contributed by atoms with Gasteiger partial charge in [0, 0.05) is 10.5 Å². The van der Waals surface area contributed by atoms with Crippen LogP contribution in [0.3, 0.4) is 0 Å². The molecule has 142 valence electrons. The van der Waals surface area contributed by atoms with E-state index < -0.39 is 11.9 Å². The van der Waals surface area contributed by atoms with Gasteiger partial charge in [-0.1, -0.05) is 6.07 Å². The minimum absolute atomic E-state index is 0.124. The van der Waals surface area contributed by atoms with Gasteiger partial charge in [-0.25, -0.2) is 4.79 Å². The van der Waals surface area contributed by atoms with E-state index in [9.17, 15) is 14.9 Å². The number of hydrogen-bond donors (Lipinski definition) is 1. The number of aryl methyl sites for hydroxylation is 2. The van der Waals surface area contributed by atoms with Gasteiger partial charge < -0.3 is 15.2 Å². The summed E-state index contributed by atoms with van der Waals surface area (Å²) in [5.41, 5.74) is 8.58. The fourth-order valence-electron chi connectivity index (χ4n) is 2.25. The normalized spacial score (nSPS) is 10.3. The Balaban J connectivity index is 2.02. The first kappa shape index (κ1) is 20.8. The monoisotopic (exact) mass is 404 g/mol. The molecule has 6 nitrogen and oxygen atoms in total. The minimum Gasteiger partial charge on any atom is -0.462 e. The summed E-state index contributed by atoms with van der Waals surface area (Å²) < 4.78 is 10.2. The Morgan fingerprint density at radius 1 is 1.26 bits per heavy atom. The van der Waals surface area contributed by atoms with Gasteiger partial charge in [-0.05, 0) is 44.0 Å². The second kappa shape index (κ2) is 9.44. The molecule has 2 rings (SSSR count). The predicted molar refractivity (Wildman–Crippen MR) is 106 cm³/mol. The molecule has 0 aliphatic heterocycles. The van der Waals surface area contributed by atoms with E-state index in [1.54, 1.807) is 6.92 Å². The Morgan fingerprint density at radius 2 is 2.00 bits per heavy atom. The number of nitriles is 1. The number of thioether (sulfide) groups is 1. The fraction of sp³-hybridized carbons (Fsp3) is 0.316. The van der Waals surface area contributed by atoms with E-state index in [-0.39, 0.29) is 34.4 Å². The number of nitrogens with zero attached hydrogens (tertiary/aromatic N) is 1. The van der Waals surface area contributed by atoms with Crippen molar-refractivity contribution < 1.29 is 19.1 Å². The Bertz CT molecular complexity index is 900. The molecule has 0 atom stereocenters. The van der Waals surface area contributed by atoms with Crippen molar-refractivity contribution >= 4 is 40.0 Å². The molecule has 0 spiro atoms. The second-order valence-electron chi connectivity index (χ2n) is 5.68. The molecule has 0 aliphatic rings. The van der Waals surface area contributed by atoms with Gasteiger partial charge in [0.1, 0.15) is 22.6 Å². The molecule has 1 aromatic carbocycles. The van der Waals surface area contributed by atoms with Gasteiger partial charge in [-0.15, -0.1) is 23.1 Å². The molecule has 0 unspecified atom stereocenters. The number of nitrogens with two attached hydrogens (primary N) is 1. The molecule has 0 aliphatic carbocycles. The summed E-state index contributed by atoms with van der Waals surface area (Å²) in [6.07, 6.45) is 0. The number of nitrogen functional groups attached to an aromatic ring is 1. The van der Waals surface area contributed by atoms with Crippen LogP contribution in [-0.2, 0) is 20.9 Å². The van der Waals surface area contributed by atoms with E-state index in [4.69, 9.17) is 15.2 Å². The largest absolute Gasteiger partial charge is 0.462 e. The lowest BCUT2D eigenvalue weighted by atomic mass is 10.1. The third kappa shape index (κ3) is 5.25. The lowest BCUT2D eigenvalue weighted by molar-refractivity contribution is -0.141. The van der Waals surface area contributed by atoms with Crippen molar-refractivity contribution in [2.45, 2.75) is 32.3 Å². The number of carbonyl (C=O) groups excluding carboxylic acids is 2. The van der Waals surface area contributed by atoms with E-state index in [0.717, 1.165) is 21.8 Å². The Labute approximate surface area is 166 Å². The average molecular weight is 405 g/mol. The average Bonchev–Trinajstić information content (AvgIpc) is 2.96. The number of carbonyl (C=O) groups is 2. The van der Waals surface area contributed by atoms with Crippen molar-refractivity contribution in [3.05, 3.63) is 45.3 Å². The van der Waals surface area contributed by atoms with Crippen LogP contribution in [0.15, 0.2) is 23.1 Å². The van der Waals surface area contributed by atoms with Crippen LogP contribution in [0.5, 0.6) is 0 Å². The molecule has 0 saturated heterocycles. The molecule has 2 N–H and O–H groups in total. The standard InChI is InChI=1S/C19H20N2O4S2/c1-4-24-19(23)17-15(14(8-20)18(21)27-17)9-25-16(22)10-26-13-6-5-11(2)12(3)7-13/h5-7H,4,9-10,21H2,1-3H3. The van der Waals surface area contributed by atoms with Gasteiger partial charge in [0.25, 0.3) is 0 Å². The number of benzene rings is 1. The summed E-state index contributed by atoms with van der Waals surface area (Å²) >= 11 is 2.33. The Kier molecular flexibility index (Phi) is 7.28. The zero-order chi connectivity index (χ0) is 20.0. The van der Waals surface area contributed by atoms with E-state index in [2.05, 4.69) is 0 Å². The molecule has 2 aromatic rings. The molecule has 0 fully saturated rings. The molecule has 1 aromatic heterocycles. The van der Waals surface area contributed by atoms with E-state index in [1.165, 1.54) is 17.3 Å². The Morgan fingerprint density at radius 3 is 2.63 bits per heavy atom. The summed E-state index contributed by atoms with van der Waals surface area (Å²) in [7, 11) is 0. The van der Waals surface area contributed by atoms with Crippen molar-refractivity contribution in [3.8, 4) is 6.07 Å². The molecular weight excluding hydrogens is 384 g/mol. The first-order valence-corrected chi connectivity index (χ1v) is 10.0. The van der Waals surface area contributed by atoms with Crippen molar-refractivity contribution in [3.63, 3.8) is 0 Å². The zero-order valence-corrected chi connectivity index (χ0v) is 17.0. The summed E-state index contributed by atoms with van der Waals surface area (Å²) in [4.78, 5) is 25.3. The summed E-state index contributed by atoms with van der Waals surface area (Å²) in [5, 5.41) is 9.47. The SMILES string of the molecule is CCOC(=O)c1sc(N)c(C#N)c1COC(=O)CSc1ccc(C)c(C)c1. The number of esters is 2. The van der Waals surface area contributed by atoms with Crippen LogP contribution in [-0.4, -0.2) is 24.3 Å². The highest BCUT2D eigenvalue weighted by atomic mass is 32.2. The van der Waals surface area contributed by atoms with Gasteiger partial charge >= 0.3 is 11.9 Å². The second-order valence-corrected chi connectivity index (χ2v) is 7.78. The van der Waals surface area contributed by atoms with Gasteiger partial charge in [-0.3, -0.25) is 4.79 Å². The zero-order valence-electron chi connectivity index (χ0n) is 15.3. The number of anilines is 1. The van der Waals surface area contributed by atoms with Crippen molar-refractivity contribution in [1.82, 2.24) is 0 Å². The van der Waals surface area contributed by atoms with Gasteiger partial charge in [0.05, 0.1) is 17.9 Å². The molecule has 0 radical (unpaired) electrons. The minimum atomic E-state index is -0.578. The number of rotatable bonds is 7. The van der Waals surface area contributed by atoms with Crippen LogP contribution >= 0.6 is 23.1 Å². The molecule has 0 bridgehead atoms. The van der Waals surface area contributed by atoms with Crippen LogP contribution in [0.4, 0.5) is 5.00 Å². The van der Waals surface area contributed by atoms with E-state index in [0.29, 0.717) is 5.56 Å². The maximum Gasteiger partial charge on any atom is 0.348 e. The van der Waals surface area contributed by atoms with E-state index >= 15 is 0 Å². The Hall–Kier alpha value is -2.50. The highest BCUT2D eigenvalue weighted by Crippen LogP contribution is 2.32. The first-order valence-electron chi connectivity index (χ1n) is 8.21. The molecule has 8 heteroatoms. The quantitative estimate of drug-likeness (QED) is 0.552. The van der Waals surface area contributed by atoms with Crippen molar-refractivity contribution in [1.29, 1.82) is 5.26 Å². The maximum absolute atomic E-state index is 12.1. The first-order chi connectivity index (χ1) is 12.9. The highest BCUT2D eigenvalue weighted by Gasteiger charge is 2.23. The molecule has 1 heterocycles. The summed E-state index contributed by atoms with van der Waals surface area (Å²) in [5.74, 6) is -0.897. The topological polar surface area (TPSA) is 102 Å². The molecule has 27 heavy (non-hydrogen) atoms. The fourth-order valence-corrected chi connectivity index (χ4v) is 3.96. The van der Waals surface area contributed by atoms with Crippen LogP contribution in [0.2, 0.25) is 0 Å². The van der Waals surface area contributed by atoms with Crippen LogP contribution < -0.4 is 5.73 Å². The van der Waals surface area contributed by atoms with Crippen molar-refractivity contribution in [2.75, 3.05) is 18.1 Å². The molecule has 0 saturated carbocycles.